The fourth-order valence-electron chi connectivity index (χ4n) is 3.98. The first kappa shape index (κ1) is 29.8. The summed E-state index contributed by atoms with van der Waals surface area (Å²) in [6.07, 6.45) is 3.23. The zero-order chi connectivity index (χ0) is 30.0. The number of amides is 3. The molecule has 0 aliphatic rings. The van der Waals surface area contributed by atoms with Gasteiger partial charge in [-0.15, -0.1) is 23.1 Å². The molecule has 4 aromatic carbocycles. The maximum Gasteiger partial charge on any atom is 0.272 e. The molecule has 1 atom stereocenters. The van der Waals surface area contributed by atoms with Gasteiger partial charge in [0.2, 0.25) is 5.91 Å². The van der Waals surface area contributed by atoms with Gasteiger partial charge in [0.05, 0.1) is 0 Å². The average molecular weight is 625 g/mol. The minimum Gasteiger partial charge on any atom is -0.321 e. The molecule has 0 aliphatic heterocycles. The number of aromatic nitrogens is 1. The van der Waals surface area contributed by atoms with E-state index >= 15 is 0 Å². The molecule has 5 rings (SSSR count). The predicted octanol–water partition coefficient (Wildman–Crippen LogP) is 7.68. The van der Waals surface area contributed by atoms with Crippen LogP contribution in [-0.4, -0.2) is 22.7 Å². The van der Waals surface area contributed by atoms with E-state index in [1.54, 1.807) is 78.3 Å². The fourth-order valence-corrected chi connectivity index (χ4v) is 5.66. The summed E-state index contributed by atoms with van der Waals surface area (Å²) in [5.74, 6) is -1.09. The van der Waals surface area contributed by atoms with Crippen molar-refractivity contribution in [3.8, 4) is 0 Å². The first-order chi connectivity index (χ1) is 20.9. The van der Waals surface area contributed by atoms with Crippen LogP contribution in [0, 0.1) is 0 Å². The Morgan fingerprint density at radius 1 is 0.814 bits per heavy atom. The zero-order valence-electron chi connectivity index (χ0n) is 22.6. The van der Waals surface area contributed by atoms with E-state index in [4.69, 9.17) is 11.6 Å². The van der Waals surface area contributed by atoms with Crippen LogP contribution in [0.2, 0.25) is 5.02 Å². The number of thiazole rings is 1. The van der Waals surface area contributed by atoms with E-state index in [9.17, 15) is 14.4 Å². The Kier molecular flexibility index (Phi) is 10.0. The van der Waals surface area contributed by atoms with E-state index in [1.807, 2.05) is 48.5 Å². The lowest BCUT2D eigenvalue weighted by molar-refractivity contribution is -0.116. The normalized spacial score (nSPS) is 11.8. The van der Waals surface area contributed by atoms with E-state index in [0.29, 0.717) is 27.0 Å². The maximum absolute atomic E-state index is 13.4. The second-order valence-corrected chi connectivity index (χ2v) is 11.7. The molecule has 1 aromatic heterocycles. The third kappa shape index (κ3) is 8.42. The number of halogens is 1. The summed E-state index contributed by atoms with van der Waals surface area (Å²) in [5, 5.41) is 10.8. The highest BCUT2D eigenvalue weighted by atomic mass is 35.5. The van der Waals surface area contributed by atoms with E-state index in [-0.39, 0.29) is 11.6 Å². The molecule has 214 valence electrons. The molecule has 43 heavy (non-hydrogen) atoms. The molecular weight excluding hydrogens is 600 g/mol. The van der Waals surface area contributed by atoms with Crippen molar-refractivity contribution >= 4 is 69.3 Å². The molecule has 7 nitrogen and oxygen atoms in total. The molecular formula is C33H25ClN4O3S2. The van der Waals surface area contributed by atoms with Crippen molar-refractivity contribution < 1.29 is 14.4 Å². The van der Waals surface area contributed by atoms with Crippen LogP contribution < -0.4 is 16.0 Å². The number of nitrogens with zero attached hydrogens (tertiary/aromatic N) is 1. The quantitative estimate of drug-likeness (QED) is 0.109. The van der Waals surface area contributed by atoms with Crippen LogP contribution in [0.4, 0.5) is 10.8 Å². The highest BCUT2D eigenvalue weighted by Crippen LogP contribution is 2.37. The summed E-state index contributed by atoms with van der Waals surface area (Å²) in [5.41, 5.74) is 2.56. The van der Waals surface area contributed by atoms with Crippen LogP contribution in [-0.2, 0) is 9.59 Å². The largest absolute Gasteiger partial charge is 0.321 e. The van der Waals surface area contributed by atoms with Crippen molar-refractivity contribution in [1.29, 1.82) is 0 Å². The van der Waals surface area contributed by atoms with E-state index in [0.717, 1.165) is 10.5 Å². The van der Waals surface area contributed by atoms with Gasteiger partial charge in [0, 0.05) is 32.7 Å². The maximum atomic E-state index is 13.4. The predicted molar refractivity (Wildman–Crippen MR) is 174 cm³/mol. The van der Waals surface area contributed by atoms with Crippen LogP contribution in [0.3, 0.4) is 0 Å². The summed E-state index contributed by atoms with van der Waals surface area (Å²) in [4.78, 5) is 44.4. The number of thioether (sulfide) groups is 1. The SMILES string of the molecule is O=C(Nc1ccc(SC(C(=O)Nc2nccs2)c2ccccc2)cc1)/C(=C/c1ccc(Cl)cc1)NC(=O)c1ccccc1. The number of carbonyl (C=O) groups is 3. The van der Waals surface area contributed by atoms with Gasteiger partial charge in [-0.2, -0.15) is 0 Å². The van der Waals surface area contributed by atoms with Crippen LogP contribution >= 0.6 is 34.7 Å². The first-order valence-electron chi connectivity index (χ1n) is 13.1. The van der Waals surface area contributed by atoms with E-state index in [1.165, 1.54) is 23.1 Å². The van der Waals surface area contributed by atoms with Crippen molar-refractivity contribution in [1.82, 2.24) is 10.3 Å². The molecule has 0 bridgehead atoms. The minimum atomic E-state index is -0.521. The number of hydrogen-bond donors (Lipinski definition) is 3. The molecule has 0 spiro atoms. The Balaban J connectivity index is 1.32. The highest BCUT2D eigenvalue weighted by molar-refractivity contribution is 8.00. The number of carbonyl (C=O) groups excluding carboxylic acids is 3. The van der Waals surface area contributed by atoms with Gasteiger partial charge in [0.1, 0.15) is 10.9 Å². The number of benzene rings is 4. The molecule has 0 fully saturated rings. The topological polar surface area (TPSA) is 100 Å². The second-order valence-electron chi connectivity index (χ2n) is 9.14. The van der Waals surface area contributed by atoms with Crippen molar-refractivity contribution in [2.75, 3.05) is 10.6 Å². The number of hydrogen-bond acceptors (Lipinski definition) is 6. The molecule has 0 radical (unpaired) electrons. The lowest BCUT2D eigenvalue weighted by atomic mass is 10.1. The lowest BCUT2D eigenvalue weighted by Gasteiger charge is -2.16. The minimum absolute atomic E-state index is 0.0672. The standard InChI is InChI=1S/C33H25ClN4O3S2/c34-25-13-11-22(12-14-25)21-28(37-30(39)24-9-5-2-6-10-24)31(40)36-26-15-17-27(18-16-26)43-29(23-7-3-1-4-8-23)32(41)38-33-35-19-20-42-33/h1-21,29H,(H,36,40)(H,37,39)(H,35,38,41)/b28-21-. The van der Waals surface area contributed by atoms with Gasteiger partial charge in [0.25, 0.3) is 11.8 Å². The summed E-state index contributed by atoms with van der Waals surface area (Å²) >= 11 is 8.76. The second kappa shape index (κ2) is 14.5. The number of rotatable bonds is 10. The summed E-state index contributed by atoms with van der Waals surface area (Å²) < 4.78 is 0. The van der Waals surface area contributed by atoms with Crippen LogP contribution in [0.15, 0.2) is 131 Å². The van der Waals surface area contributed by atoms with Gasteiger partial charge in [-0.05, 0) is 65.7 Å². The molecule has 5 aromatic rings. The smallest absolute Gasteiger partial charge is 0.272 e. The molecule has 3 N–H and O–H groups in total. The van der Waals surface area contributed by atoms with E-state index < -0.39 is 17.1 Å². The fraction of sp³-hybridized carbons (Fsp3) is 0.0303. The highest BCUT2D eigenvalue weighted by Gasteiger charge is 2.23. The Bertz CT molecular complexity index is 1710. The van der Waals surface area contributed by atoms with Gasteiger partial charge >= 0.3 is 0 Å². The number of nitrogens with one attached hydrogen (secondary N) is 3. The number of anilines is 2. The van der Waals surface area contributed by atoms with Gasteiger partial charge in [-0.25, -0.2) is 4.98 Å². The van der Waals surface area contributed by atoms with Gasteiger partial charge in [-0.1, -0.05) is 72.3 Å². The van der Waals surface area contributed by atoms with Gasteiger partial charge in [-0.3, -0.25) is 14.4 Å². The summed E-state index contributed by atoms with van der Waals surface area (Å²) in [6.45, 7) is 0. The molecule has 0 saturated carbocycles. The lowest BCUT2D eigenvalue weighted by Crippen LogP contribution is -2.30. The summed E-state index contributed by atoms with van der Waals surface area (Å²) in [6, 6.07) is 32.2. The first-order valence-corrected chi connectivity index (χ1v) is 15.3. The van der Waals surface area contributed by atoms with Crippen molar-refractivity contribution in [2.45, 2.75) is 10.1 Å². The molecule has 3 amide bonds. The van der Waals surface area contributed by atoms with Crippen molar-refractivity contribution in [3.05, 3.63) is 148 Å². The third-order valence-electron chi connectivity index (χ3n) is 6.08. The monoisotopic (exact) mass is 624 g/mol. The van der Waals surface area contributed by atoms with Crippen LogP contribution in [0.25, 0.3) is 6.08 Å². The van der Waals surface area contributed by atoms with Crippen molar-refractivity contribution in [3.63, 3.8) is 0 Å². The molecule has 1 heterocycles. The van der Waals surface area contributed by atoms with Gasteiger partial charge in [0.15, 0.2) is 5.13 Å². The average Bonchev–Trinajstić information content (AvgIpc) is 3.55. The molecule has 0 aliphatic carbocycles. The van der Waals surface area contributed by atoms with Crippen LogP contribution in [0.5, 0.6) is 0 Å². The Labute approximate surface area is 262 Å². The van der Waals surface area contributed by atoms with Crippen LogP contribution in [0.1, 0.15) is 26.7 Å². The zero-order valence-corrected chi connectivity index (χ0v) is 25.0. The van der Waals surface area contributed by atoms with E-state index in [2.05, 4.69) is 20.9 Å². The molecule has 1 unspecified atom stereocenters. The summed E-state index contributed by atoms with van der Waals surface area (Å²) in [7, 11) is 0. The molecule has 10 heteroatoms. The Morgan fingerprint density at radius 3 is 2.14 bits per heavy atom. The Morgan fingerprint density at radius 2 is 1.49 bits per heavy atom. The van der Waals surface area contributed by atoms with Gasteiger partial charge < -0.3 is 16.0 Å². The van der Waals surface area contributed by atoms with Crippen molar-refractivity contribution in [2.24, 2.45) is 0 Å². The molecule has 0 saturated heterocycles. The third-order valence-corrected chi connectivity index (χ3v) is 8.29. The Hall–Kier alpha value is -4.70.